The number of benzene rings is 1. The highest BCUT2D eigenvalue weighted by Gasteiger charge is 2.19. The average molecular weight is 292 g/mol. The van der Waals surface area contributed by atoms with Gasteiger partial charge in [-0.05, 0) is 25.1 Å². The summed E-state index contributed by atoms with van der Waals surface area (Å²) in [6.07, 6.45) is 1.33. The quantitative estimate of drug-likeness (QED) is 0.812. The van der Waals surface area contributed by atoms with Crippen LogP contribution in [0.5, 0.6) is 0 Å². The minimum Gasteiger partial charge on any atom is -0.461 e. The van der Waals surface area contributed by atoms with E-state index in [2.05, 4.69) is 5.10 Å². The molecule has 8 heteroatoms. The first kappa shape index (κ1) is 14.5. The van der Waals surface area contributed by atoms with Crippen molar-refractivity contribution in [1.82, 2.24) is 9.78 Å². The molecule has 2 aromatic rings. The molecule has 0 saturated heterocycles. The molecule has 0 saturated carbocycles. The second kappa shape index (κ2) is 5.61. The van der Waals surface area contributed by atoms with Gasteiger partial charge in [0, 0.05) is 0 Å². The number of hydrogen-bond donors (Lipinski definition) is 2. The van der Waals surface area contributed by atoms with Crippen molar-refractivity contribution in [1.29, 1.82) is 0 Å². The molecule has 1 aromatic heterocycles. The summed E-state index contributed by atoms with van der Waals surface area (Å²) in [6, 6.07) is 3.44. The summed E-state index contributed by atoms with van der Waals surface area (Å²) < 4.78 is 19.2. The van der Waals surface area contributed by atoms with E-state index in [4.69, 9.17) is 16.2 Å². The number of ether oxygens (including phenoxy) is 1. The monoisotopic (exact) mass is 292 g/mol. The van der Waals surface area contributed by atoms with Crippen LogP contribution in [0.4, 0.5) is 10.1 Å². The predicted molar refractivity (Wildman–Crippen MR) is 72.4 cm³/mol. The molecule has 0 aliphatic carbocycles. The summed E-state index contributed by atoms with van der Waals surface area (Å²) in [5.41, 5.74) is 11.0. The molecule has 0 spiro atoms. The Labute approximate surface area is 119 Å². The largest absolute Gasteiger partial charge is 0.461 e. The molecule has 0 radical (unpaired) electrons. The lowest BCUT2D eigenvalue weighted by Gasteiger charge is -2.06. The lowest BCUT2D eigenvalue weighted by molar-refractivity contribution is 0.0520. The molecule has 21 heavy (non-hydrogen) atoms. The molecule has 1 heterocycles. The number of anilines is 1. The molecule has 0 bridgehead atoms. The van der Waals surface area contributed by atoms with Crippen LogP contribution in [0.2, 0.25) is 0 Å². The Morgan fingerprint density at radius 1 is 1.43 bits per heavy atom. The van der Waals surface area contributed by atoms with E-state index in [1.54, 1.807) is 6.92 Å². The second-order valence-corrected chi connectivity index (χ2v) is 4.12. The third kappa shape index (κ3) is 2.83. The van der Waals surface area contributed by atoms with Crippen LogP contribution in [0.3, 0.4) is 0 Å². The number of esters is 1. The van der Waals surface area contributed by atoms with E-state index in [0.717, 1.165) is 12.1 Å². The third-order valence-corrected chi connectivity index (χ3v) is 2.68. The minimum atomic E-state index is -0.823. The van der Waals surface area contributed by atoms with E-state index in [-0.39, 0.29) is 29.2 Å². The van der Waals surface area contributed by atoms with Crippen LogP contribution in [-0.2, 0) is 4.74 Å². The topological polar surface area (TPSA) is 113 Å². The van der Waals surface area contributed by atoms with E-state index in [1.165, 1.54) is 16.9 Å². The fourth-order valence-corrected chi connectivity index (χ4v) is 1.77. The standard InChI is InChI=1S/C13H13FN4O3/c1-2-21-13(20)11-9(15)6-18(17-11)10-4-3-7(14)5-8(10)12(16)19/h3-6H,2,15H2,1H3,(H2,16,19). The van der Waals surface area contributed by atoms with Crippen LogP contribution < -0.4 is 11.5 Å². The van der Waals surface area contributed by atoms with Crippen molar-refractivity contribution >= 4 is 17.6 Å². The predicted octanol–water partition coefficient (Wildman–Crippen LogP) is 0.869. The van der Waals surface area contributed by atoms with Gasteiger partial charge in [0.1, 0.15) is 5.82 Å². The van der Waals surface area contributed by atoms with Gasteiger partial charge in [-0.15, -0.1) is 0 Å². The van der Waals surface area contributed by atoms with Crippen molar-refractivity contribution < 1.29 is 18.7 Å². The van der Waals surface area contributed by atoms with Gasteiger partial charge in [0.2, 0.25) is 0 Å². The van der Waals surface area contributed by atoms with E-state index < -0.39 is 17.7 Å². The maximum absolute atomic E-state index is 13.2. The second-order valence-electron chi connectivity index (χ2n) is 4.12. The molecule has 1 amide bonds. The Morgan fingerprint density at radius 2 is 2.14 bits per heavy atom. The van der Waals surface area contributed by atoms with E-state index in [1.807, 2.05) is 0 Å². The summed E-state index contributed by atoms with van der Waals surface area (Å²) in [5, 5.41) is 3.96. The Bertz CT molecular complexity index is 711. The SMILES string of the molecule is CCOC(=O)c1nn(-c2ccc(F)cc2C(N)=O)cc1N. The first-order valence-corrected chi connectivity index (χ1v) is 6.06. The Hall–Kier alpha value is -2.90. The van der Waals surface area contributed by atoms with E-state index in [0.29, 0.717) is 0 Å². The maximum Gasteiger partial charge on any atom is 0.361 e. The summed E-state index contributed by atoms with van der Waals surface area (Å²) in [7, 11) is 0. The number of carbonyl (C=O) groups excluding carboxylic acids is 2. The number of carbonyl (C=O) groups is 2. The highest BCUT2D eigenvalue weighted by molar-refractivity contribution is 5.97. The molecule has 0 aliphatic heterocycles. The Balaban J connectivity index is 2.51. The fourth-order valence-electron chi connectivity index (χ4n) is 1.77. The summed E-state index contributed by atoms with van der Waals surface area (Å²) >= 11 is 0. The number of amides is 1. The lowest BCUT2D eigenvalue weighted by Crippen LogP contribution is -2.15. The van der Waals surface area contributed by atoms with Gasteiger partial charge in [-0.2, -0.15) is 5.10 Å². The zero-order valence-corrected chi connectivity index (χ0v) is 11.2. The van der Waals surface area contributed by atoms with Gasteiger partial charge in [0.05, 0.1) is 29.7 Å². The zero-order valence-electron chi connectivity index (χ0n) is 11.2. The first-order valence-electron chi connectivity index (χ1n) is 6.06. The van der Waals surface area contributed by atoms with Crippen LogP contribution in [0.15, 0.2) is 24.4 Å². The number of rotatable bonds is 4. The molecule has 2 rings (SSSR count). The van der Waals surface area contributed by atoms with Gasteiger partial charge in [0.25, 0.3) is 5.91 Å². The van der Waals surface area contributed by atoms with Crippen LogP contribution in [-0.4, -0.2) is 28.3 Å². The average Bonchev–Trinajstić information content (AvgIpc) is 2.80. The number of nitrogen functional groups attached to an aromatic ring is 1. The number of nitrogens with two attached hydrogens (primary N) is 2. The minimum absolute atomic E-state index is 0.0760. The van der Waals surface area contributed by atoms with Crippen molar-refractivity contribution in [2.24, 2.45) is 5.73 Å². The van der Waals surface area contributed by atoms with Crippen LogP contribution in [0, 0.1) is 5.82 Å². The highest BCUT2D eigenvalue weighted by Crippen LogP contribution is 2.19. The van der Waals surface area contributed by atoms with E-state index >= 15 is 0 Å². The first-order chi connectivity index (χ1) is 9.93. The Kier molecular flexibility index (Phi) is 3.88. The normalized spacial score (nSPS) is 10.4. The molecule has 110 valence electrons. The number of halogens is 1. The summed E-state index contributed by atoms with van der Waals surface area (Å²) in [4.78, 5) is 23.0. The number of primary amides is 1. The van der Waals surface area contributed by atoms with Gasteiger partial charge in [-0.25, -0.2) is 13.9 Å². The van der Waals surface area contributed by atoms with Crippen LogP contribution >= 0.6 is 0 Å². The molecular formula is C13H13FN4O3. The third-order valence-electron chi connectivity index (χ3n) is 2.68. The smallest absolute Gasteiger partial charge is 0.361 e. The molecule has 1 aromatic carbocycles. The van der Waals surface area contributed by atoms with Crippen LogP contribution in [0.1, 0.15) is 27.8 Å². The van der Waals surface area contributed by atoms with E-state index in [9.17, 15) is 14.0 Å². The van der Waals surface area contributed by atoms with Gasteiger partial charge < -0.3 is 16.2 Å². The molecule has 0 unspecified atom stereocenters. The van der Waals surface area contributed by atoms with Crippen molar-refractivity contribution in [2.45, 2.75) is 6.92 Å². The number of aromatic nitrogens is 2. The van der Waals surface area contributed by atoms with Crippen molar-refractivity contribution in [3.8, 4) is 5.69 Å². The lowest BCUT2D eigenvalue weighted by atomic mass is 10.1. The van der Waals surface area contributed by atoms with Crippen LogP contribution in [0.25, 0.3) is 5.69 Å². The van der Waals surface area contributed by atoms with Gasteiger partial charge >= 0.3 is 5.97 Å². The maximum atomic E-state index is 13.2. The molecule has 0 atom stereocenters. The number of nitrogens with zero attached hydrogens (tertiary/aromatic N) is 2. The van der Waals surface area contributed by atoms with Gasteiger partial charge in [-0.1, -0.05) is 0 Å². The molecule has 4 N–H and O–H groups in total. The molecule has 7 nitrogen and oxygen atoms in total. The van der Waals surface area contributed by atoms with Gasteiger partial charge in [-0.3, -0.25) is 4.79 Å². The summed E-state index contributed by atoms with van der Waals surface area (Å²) in [5.74, 6) is -2.12. The molecule has 0 aliphatic rings. The fraction of sp³-hybridized carbons (Fsp3) is 0.154. The van der Waals surface area contributed by atoms with Crippen molar-refractivity contribution in [3.63, 3.8) is 0 Å². The highest BCUT2D eigenvalue weighted by atomic mass is 19.1. The zero-order chi connectivity index (χ0) is 15.6. The van der Waals surface area contributed by atoms with Crippen molar-refractivity contribution in [3.05, 3.63) is 41.5 Å². The number of hydrogen-bond acceptors (Lipinski definition) is 5. The summed E-state index contributed by atoms with van der Waals surface area (Å²) in [6.45, 7) is 1.82. The molecular weight excluding hydrogens is 279 g/mol. The molecule has 0 fully saturated rings. The van der Waals surface area contributed by atoms with Crippen molar-refractivity contribution in [2.75, 3.05) is 12.3 Å². The van der Waals surface area contributed by atoms with Gasteiger partial charge in [0.15, 0.2) is 5.69 Å². The Morgan fingerprint density at radius 3 is 2.76 bits per heavy atom.